The molecule has 0 spiro atoms. The van der Waals surface area contributed by atoms with Crippen molar-refractivity contribution in [1.82, 2.24) is 9.88 Å². The lowest BCUT2D eigenvalue weighted by atomic mass is 9.89. The number of aliphatic carboxylic acids is 1. The number of hydrogen-bond acceptors (Lipinski definition) is 8. The molecule has 0 aliphatic heterocycles. The Balaban J connectivity index is 2.17. The first kappa shape index (κ1) is 36.7. The number of ketones is 2. The number of alkyl carbamates (subject to hydrolysis) is 1. The zero-order valence-electron chi connectivity index (χ0n) is 26.5. The third kappa shape index (κ3) is 13.7. The number of aromatic nitrogens is 1. The third-order valence-corrected chi connectivity index (χ3v) is 7.01. The number of carbonyl (C=O) groups is 5. The molecule has 1 aromatic heterocycles. The fraction of sp³-hybridized carbons (Fsp3) is 0.471. The van der Waals surface area contributed by atoms with E-state index in [0.29, 0.717) is 12.1 Å². The average molecular weight is 625 g/mol. The molecule has 2 rings (SSSR count). The summed E-state index contributed by atoms with van der Waals surface area (Å²) in [5.74, 6) is -2.37. The number of carboxylic acids is 1. The van der Waals surface area contributed by atoms with Crippen molar-refractivity contribution in [2.45, 2.75) is 85.4 Å². The fourth-order valence-electron chi connectivity index (χ4n) is 4.93. The number of hydrogen-bond donors (Lipinski definition) is 2. The second-order valence-electron chi connectivity index (χ2n) is 11.4. The first-order valence-corrected chi connectivity index (χ1v) is 15.2. The van der Waals surface area contributed by atoms with Gasteiger partial charge in [0.2, 0.25) is 0 Å². The number of benzene rings is 1. The summed E-state index contributed by atoms with van der Waals surface area (Å²) in [5, 5.41) is 11.8. The van der Waals surface area contributed by atoms with E-state index in [9.17, 15) is 33.9 Å². The van der Waals surface area contributed by atoms with Gasteiger partial charge in [0.1, 0.15) is 6.61 Å². The maximum Gasteiger partial charge on any atom is 0.408 e. The van der Waals surface area contributed by atoms with Crippen molar-refractivity contribution >= 4 is 29.6 Å². The van der Waals surface area contributed by atoms with E-state index in [1.807, 2.05) is 19.9 Å². The van der Waals surface area contributed by atoms with Gasteiger partial charge in [-0.15, -0.1) is 0 Å². The number of aryl methyl sites for hydroxylation is 1. The molecular formula is C34H44N2O9. The van der Waals surface area contributed by atoms with Gasteiger partial charge < -0.3 is 24.5 Å². The van der Waals surface area contributed by atoms with Gasteiger partial charge >= 0.3 is 18.0 Å². The van der Waals surface area contributed by atoms with Crippen molar-refractivity contribution in [2.75, 3.05) is 6.61 Å². The molecule has 0 fully saturated rings. The largest absolute Gasteiger partial charge is 0.481 e. The summed E-state index contributed by atoms with van der Waals surface area (Å²) in [6.07, 6.45) is 2.51. The Morgan fingerprint density at radius 3 is 2.36 bits per heavy atom. The van der Waals surface area contributed by atoms with Crippen LogP contribution in [0.3, 0.4) is 0 Å². The topological polar surface area (TPSA) is 158 Å². The van der Waals surface area contributed by atoms with Crippen molar-refractivity contribution in [3.63, 3.8) is 0 Å². The Hall–Kier alpha value is -4.54. The number of carbonyl (C=O) groups excluding carboxylic acids is 4. The number of carboxylic acid groups (broad SMARTS) is 1. The van der Waals surface area contributed by atoms with E-state index in [0.717, 1.165) is 5.56 Å². The van der Waals surface area contributed by atoms with E-state index in [-0.39, 0.29) is 75.0 Å². The monoisotopic (exact) mass is 624 g/mol. The summed E-state index contributed by atoms with van der Waals surface area (Å²) in [7, 11) is 0. The van der Waals surface area contributed by atoms with Crippen LogP contribution in [-0.4, -0.2) is 51.9 Å². The number of rotatable bonds is 19. The number of nitrogens with zero attached hydrogens (tertiary/aromatic N) is 1. The standard InChI is InChI=1S/C34H44N2O9/c1-5-44-32(41)14-10-9-13-29(35-34(43)45-22-25-11-7-6-8-12-25)30(38)20-27-16-15-24(4)36(33(27)42)21-28(37)18-26(17-23(2)3)19-31(39)40/h6-8,10-12,14-16,23,26,29H,5,9,13,17-22H2,1-4H3,(H,35,43)(H,39,40)/b14-10+/t26?,29-/m0/s1. The molecule has 0 bridgehead atoms. The Kier molecular flexibility index (Phi) is 15.5. The van der Waals surface area contributed by atoms with Crippen LogP contribution in [0.2, 0.25) is 0 Å². The maximum absolute atomic E-state index is 13.4. The van der Waals surface area contributed by atoms with Gasteiger partial charge in [-0.1, -0.05) is 56.3 Å². The van der Waals surface area contributed by atoms with Gasteiger partial charge in [-0.05, 0) is 56.6 Å². The number of Topliss-reactive ketones (excluding diaryl/α,β-unsaturated/α-hetero) is 2. The van der Waals surface area contributed by atoms with Crippen LogP contribution >= 0.6 is 0 Å². The number of allylic oxidation sites excluding steroid dienone is 1. The molecule has 1 aromatic carbocycles. The van der Waals surface area contributed by atoms with Gasteiger partial charge in [0.05, 0.1) is 19.2 Å². The minimum absolute atomic E-state index is 0.00245. The summed E-state index contributed by atoms with van der Waals surface area (Å²) >= 11 is 0. The molecule has 45 heavy (non-hydrogen) atoms. The lowest BCUT2D eigenvalue weighted by Gasteiger charge is -2.19. The van der Waals surface area contributed by atoms with E-state index in [1.54, 1.807) is 44.2 Å². The third-order valence-electron chi connectivity index (χ3n) is 7.01. The highest BCUT2D eigenvalue weighted by Crippen LogP contribution is 2.20. The maximum atomic E-state index is 13.4. The summed E-state index contributed by atoms with van der Waals surface area (Å²) in [6, 6.07) is 11.2. The second-order valence-corrected chi connectivity index (χ2v) is 11.4. The quantitative estimate of drug-likeness (QED) is 0.169. The Labute approximate surface area is 263 Å². The van der Waals surface area contributed by atoms with Crippen LogP contribution in [0.25, 0.3) is 0 Å². The Bertz CT molecular complexity index is 1400. The highest BCUT2D eigenvalue weighted by atomic mass is 16.5. The second kappa shape index (κ2) is 19.0. The first-order chi connectivity index (χ1) is 21.4. The lowest BCUT2D eigenvalue weighted by molar-refractivity contribution is -0.139. The molecule has 11 nitrogen and oxygen atoms in total. The van der Waals surface area contributed by atoms with Crippen molar-refractivity contribution in [2.24, 2.45) is 11.8 Å². The van der Waals surface area contributed by atoms with E-state index in [2.05, 4.69) is 5.32 Å². The number of amides is 1. The zero-order valence-corrected chi connectivity index (χ0v) is 26.5. The normalized spacial score (nSPS) is 12.5. The van der Waals surface area contributed by atoms with Gasteiger partial charge in [0.15, 0.2) is 11.6 Å². The minimum atomic E-state index is -1.02. The predicted octanol–water partition coefficient (Wildman–Crippen LogP) is 4.56. The van der Waals surface area contributed by atoms with E-state index >= 15 is 0 Å². The van der Waals surface area contributed by atoms with Crippen molar-refractivity contribution in [3.05, 3.63) is 81.8 Å². The average Bonchev–Trinajstić information content (AvgIpc) is 2.97. The molecule has 0 aliphatic carbocycles. The van der Waals surface area contributed by atoms with Crippen molar-refractivity contribution < 1.29 is 38.6 Å². The van der Waals surface area contributed by atoms with Crippen LogP contribution in [0.4, 0.5) is 4.79 Å². The molecule has 244 valence electrons. The Morgan fingerprint density at radius 2 is 1.71 bits per heavy atom. The molecule has 0 saturated heterocycles. The van der Waals surface area contributed by atoms with Gasteiger partial charge in [-0.2, -0.15) is 0 Å². The molecular weight excluding hydrogens is 580 g/mol. The highest BCUT2D eigenvalue weighted by Gasteiger charge is 2.24. The molecule has 1 amide bonds. The van der Waals surface area contributed by atoms with Crippen LogP contribution in [0, 0.1) is 18.8 Å². The first-order valence-electron chi connectivity index (χ1n) is 15.2. The molecule has 0 aliphatic rings. The molecule has 11 heteroatoms. The molecule has 1 unspecified atom stereocenters. The zero-order chi connectivity index (χ0) is 33.4. The highest BCUT2D eigenvalue weighted by molar-refractivity contribution is 5.89. The predicted molar refractivity (Wildman–Crippen MR) is 168 cm³/mol. The molecule has 0 saturated carbocycles. The van der Waals surface area contributed by atoms with E-state index in [4.69, 9.17) is 9.47 Å². The summed E-state index contributed by atoms with van der Waals surface area (Å²) in [4.78, 5) is 75.3. The van der Waals surface area contributed by atoms with Crippen LogP contribution in [-0.2, 0) is 48.2 Å². The van der Waals surface area contributed by atoms with Gasteiger partial charge in [-0.25, -0.2) is 9.59 Å². The van der Waals surface area contributed by atoms with Gasteiger partial charge in [-0.3, -0.25) is 19.2 Å². The van der Waals surface area contributed by atoms with Gasteiger partial charge in [0.25, 0.3) is 5.56 Å². The molecule has 1 heterocycles. The summed E-state index contributed by atoms with van der Waals surface area (Å²) in [6.45, 7) is 7.24. The molecule has 0 radical (unpaired) electrons. The van der Waals surface area contributed by atoms with E-state index in [1.165, 1.54) is 22.8 Å². The Morgan fingerprint density at radius 1 is 1.00 bits per heavy atom. The van der Waals surface area contributed by atoms with Crippen LogP contribution in [0.5, 0.6) is 0 Å². The summed E-state index contributed by atoms with van der Waals surface area (Å²) in [5.41, 5.74) is 0.921. The fourth-order valence-corrected chi connectivity index (χ4v) is 4.93. The minimum Gasteiger partial charge on any atom is -0.481 e. The van der Waals surface area contributed by atoms with E-state index < -0.39 is 35.4 Å². The van der Waals surface area contributed by atoms with Crippen LogP contribution in [0.1, 0.15) is 69.7 Å². The van der Waals surface area contributed by atoms with Crippen LogP contribution < -0.4 is 10.9 Å². The van der Waals surface area contributed by atoms with Crippen LogP contribution in [0.15, 0.2) is 59.4 Å². The van der Waals surface area contributed by atoms with Crippen molar-refractivity contribution in [3.8, 4) is 0 Å². The number of pyridine rings is 1. The van der Waals surface area contributed by atoms with Crippen molar-refractivity contribution in [1.29, 1.82) is 0 Å². The molecule has 2 atom stereocenters. The van der Waals surface area contributed by atoms with Gasteiger partial charge in [0, 0.05) is 36.6 Å². The number of nitrogens with one attached hydrogen (secondary N) is 1. The SMILES string of the molecule is CCOC(=O)/C=C/CC[C@H](NC(=O)OCc1ccccc1)C(=O)Cc1ccc(C)n(CC(=O)CC(CC(=O)O)CC(C)C)c1=O. The smallest absolute Gasteiger partial charge is 0.408 e. The number of ether oxygens (including phenoxy) is 2. The summed E-state index contributed by atoms with van der Waals surface area (Å²) < 4.78 is 11.4. The molecule has 2 N–H and O–H groups in total. The molecule has 2 aromatic rings. The lowest BCUT2D eigenvalue weighted by Crippen LogP contribution is -2.42. The number of esters is 1.